The largest absolute Gasteiger partial charge is 0.497 e. The van der Waals surface area contributed by atoms with Gasteiger partial charge < -0.3 is 15.0 Å². The van der Waals surface area contributed by atoms with Crippen LogP contribution in [0.1, 0.15) is 70.6 Å². The van der Waals surface area contributed by atoms with Gasteiger partial charge in [0.1, 0.15) is 11.8 Å². The molecule has 174 valence electrons. The number of hydrogen-bond acceptors (Lipinski definition) is 3. The Morgan fingerprint density at radius 3 is 2.00 bits per heavy atom. The maximum Gasteiger partial charge on any atom is 0.242 e. The third-order valence-electron chi connectivity index (χ3n) is 5.45. The van der Waals surface area contributed by atoms with E-state index >= 15 is 0 Å². The number of rotatable bonds is 9. The van der Waals surface area contributed by atoms with E-state index in [1.807, 2.05) is 45.0 Å². The summed E-state index contributed by atoms with van der Waals surface area (Å²) < 4.78 is 5.23. The molecule has 0 fully saturated rings. The maximum atomic E-state index is 13.3. The average Bonchev–Trinajstić information content (AvgIpc) is 2.74. The van der Waals surface area contributed by atoms with Gasteiger partial charge in [-0.3, -0.25) is 9.59 Å². The number of hydrogen-bond donors (Lipinski definition) is 1. The molecule has 32 heavy (non-hydrogen) atoms. The van der Waals surface area contributed by atoms with E-state index in [1.165, 1.54) is 5.56 Å². The van der Waals surface area contributed by atoms with Crippen molar-refractivity contribution < 1.29 is 14.3 Å². The highest BCUT2D eigenvalue weighted by atomic mass is 16.5. The Kier molecular flexibility index (Phi) is 8.88. The summed E-state index contributed by atoms with van der Waals surface area (Å²) in [6.07, 6.45) is 0.994. The number of aryl methyl sites for hydroxylation is 1. The fraction of sp³-hybridized carbons (Fsp3) is 0.481. The van der Waals surface area contributed by atoms with Gasteiger partial charge in [-0.2, -0.15) is 0 Å². The Morgan fingerprint density at radius 2 is 1.50 bits per heavy atom. The average molecular weight is 439 g/mol. The van der Waals surface area contributed by atoms with E-state index < -0.39 is 6.04 Å². The summed E-state index contributed by atoms with van der Waals surface area (Å²) in [5, 5.41) is 3.00. The third-order valence-corrected chi connectivity index (χ3v) is 5.45. The molecule has 0 spiro atoms. The Hall–Kier alpha value is -2.82. The highest BCUT2D eigenvalue weighted by Crippen LogP contribution is 2.18. The Bertz CT molecular complexity index is 881. The molecule has 5 nitrogen and oxygen atoms in total. The molecule has 0 aromatic heterocycles. The lowest BCUT2D eigenvalue weighted by atomic mass is 10.00. The molecule has 2 amide bonds. The van der Waals surface area contributed by atoms with Gasteiger partial charge in [-0.25, -0.2) is 0 Å². The standard InChI is InChI=1S/C27H38N2O3/c1-19(2)23-13-8-21(9-14-23)12-17-25(30)29(20(3)26(31)28-27(4,5)6)18-22-10-15-24(32-7)16-11-22/h8-11,13-16,19-20H,12,17-18H2,1-7H3,(H,28,31)/t20-/m1/s1. The second kappa shape index (κ2) is 11.2. The van der Waals surface area contributed by atoms with Crippen LogP contribution < -0.4 is 10.1 Å². The summed E-state index contributed by atoms with van der Waals surface area (Å²) in [6.45, 7) is 12.3. The second-order valence-corrected chi connectivity index (χ2v) is 9.68. The number of carbonyl (C=O) groups is 2. The zero-order chi connectivity index (χ0) is 23.9. The van der Waals surface area contributed by atoms with Crippen molar-refractivity contribution in [3.63, 3.8) is 0 Å². The predicted octanol–water partition coefficient (Wildman–Crippen LogP) is 5.08. The van der Waals surface area contributed by atoms with Crippen LogP contribution in [0.15, 0.2) is 48.5 Å². The first kappa shape index (κ1) is 25.4. The van der Waals surface area contributed by atoms with Crippen LogP contribution in [0, 0.1) is 0 Å². The van der Waals surface area contributed by atoms with Crippen molar-refractivity contribution in [1.82, 2.24) is 10.2 Å². The Balaban J connectivity index is 2.15. The number of nitrogens with zero attached hydrogens (tertiary/aromatic N) is 1. The highest BCUT2D eigenvalue weighted by molar-refractivity contribution is 5.87. The number of benzene rings is 2. The molecule has 2 aromatic rings. The van der Waals surface area contributed by atoms with Gasteiger partial charge >= 0.3 is 0 Å². The molecule has 5 heteroatoms. The predicted molar refractivity (Wildman–Crippen MR) is 130 cm³/mol. The van der Waals surface area contributed by atoms with Crippen molar-refractivity contribution >= 4 is 11.8 Å². The number of amides is 2. The number of carbonyl (C=O) groups excluding carboxylic acids is 2. The van der Waals surface area contributed by atoms with Gasteiger partial charge in [0.25, 0.3) is 0 Å². The van der Waals surface area contributed by atoms with Crippen LogP contribution in [0.2, 0.25) is 0 Å². The molecular weight excluding hydrogens is 400 g/mol. The van der Waals surface area contributed by atoms with E-state index in [4.69, 9.17) is 4.74 Å². The van der Waals surface area contributed by atoms with Crippen LogP contribution in [0.4, 0.5) is 0 Å². The fourth-order valence-electron chi connectivity index (χ4n) is 3.45. The molecule has 1 N–H and O–H groups in total. The molecule has 0 heterocycles. The minimum Gasteiger partial charge on any atom is -0.497 e. The molecule has 0 saturated carbocycles. The van der Waals surface area contributed by atoms with Gasteiger partial charge in [0, 0.05) is 18.5 Å². The SMILES string of the molecule is COc1ccc(CN(C(=O)CCc2ccc(C(C)C)cc2)[C@H](C)C(=O)NC(C)(C)C)cc1. The van der Waals surface area contributed by atoms with Gasteiger partial charge in [-0.15, -0.1) is 0 Å². The van der Waals surface area contributed by atoms with E-state index in [0.717, 1.165) is 16.9 Å². The molecule has 0 radical (unpaired) electrons. The van der Waals surface area contributed by atoms with Crippen molar-refractivity contribution in [2.45, 2.75) is 78.4 Å². The lowest BCUT2D eigenvalue weighted by Gasteiger charge is -2.31. The lowest BCUT2D eigenvalue weighted by molar-refractivity contribution is -0.141. The zero-order valence-electron chi connectivity index (χ0n) is 20.6. The van der Waals surface area contributed by atoms with Gasteiger partial charge in [-0.05, 0) is 68.9 Å². The summed E-state index contributed by atoms with van der Waals surface area (Å²) in [5.41, 5.74) is 3.00. The normalized spacial score (nSPS) is 12.4. The first-order valence-corrected chi connectivity index (χ1v) is 11.3. The van der Waals surface area contributed by atoms with Crippen molar-refractivity contribution in [2.24, 2.45) is 0 Å². The van der Waals surface area contributed by atoms with Crippen LogP contribution in [0.25, 0.3) is 0 Å². The van der Waals surface area contributed by atoms with E-state index in [9.17, 15) is 9.59 Å². The van der Waals surface area contributed by atoms with E-state index in [2.05, 4.69) is 43.4 Å². The van der Waals surface area contributed by atoms with Gasteiger partial charge in [0.05, 0.1) is 7.11 Å². The smallest absolute Gasteiger partial charge is 0.242 e. The summed E-state index contributed by atoms with van der Waals surface area (Å²) in [7, 11) is 1.62. The molecule has 0 bridgehead atoms. The number of nitrogens with one attached hydrogen (secondary N) is 1. The third kappa shape index (κ3) is 7.70. The quantitative estimate of drug-likeness (QED) is 0.594. The Labute approximate surface area is 193 Å². The number of ether oxygens (including phenoxy) is 1. The van der Waals surface area contributed by atoms with E-state index in [1.54, 1.807) is 18.9 Å². The maximum absolute atomic E-state index is 13.3. The lowest BCUT2D eigenvalue weighted by Crippen LogP contribution is -2.52. The summed E-state index contributed by atoms with van der Waals surface area (Å²) in [4.78, 5) is 27.8. The fourth-order valence-corrected chi connectivity index (χ4v) is 3.45. The molecule has 0 aliphatic heterocycles. The second-order valence-electron chi connectivity index (χ2n) is 9.68. The first-order valence-electron chi connectivity index (χ1n) is 11.3. The topological polar surface area (TPSA) is 58.6 Å². The molecule has 2 aromatic carbocycles. The monoisotopic (exact) mass is 438 g/mol. The summed E-state index contributed by atoms with van der Waals surface area (Å²) in [6, 6.07) is 15.4. The van der Waals surface area contributed by atoms with Crippen molar-refractivity contribution in [2.75, 3.05) is 7.11 Å². The molecule has 0 saturated heterocycles. The van der Waals surface area contributed by atoms with Crippen molar-refractivity contribution in [3.8, 4) is 5.75 Å². The molecule has 1 atom stereocenters. The first-order chi connectivity index (χ1) is 15.0. The minimum absolute atomic E-state index is 0.0367. The van der Waals surface area contributed by atoms with Gasteiger partial charge in [-0.1, -0.05) is 50.2 Å². The minimum atomic E-state index is -0.577. The molecule has 0 aliphatic carbocycles. The highest BCUT2D eigenvalue weighted by Gasteiger charge is 2.28. The summed E-state index contributed by atoms with van der Waals surface area (Å²) in [5.74, 6) is 1.05. The van der Waals surface area contributed by atoms with Gasteiger partial charge in [0.2, 0.25) is 11.8 Å². The van der Waals surface area contributed by atoms with Crippen molar-refractivity contribution in [3.05, 3.63) is 65.2 Å². The van der Waals surface area contributed by atoms with Crippen LogP contribution in [-0.4, -0.2) is 35.4 Å². The molecular formula is C27H38N2O3. The molecule has 0 aliphatic rings. The van der Waals surface area contributed by atoms with E-state index in [0.29, 0.717) is 25.3 Å². The molecule has 0 unspecified atom stereocenters. The van der Waals surface area contributed by atoms with Crippen molar-refractivity contribution in [1.29, 1.82) is 0 Å². The van der Waals surface area contributed by atoms with Crippen LogP contribution in [0.5, 0.6) is 5.75 Å². The van der Waals surface area contributed by atoms with Gasteiger partial charge in [0.15, 0.2) is 0 Å². The van der Waals surface area contributed by atoms with Crippen LogP contribution in [0.3, 0.4) is 0 Å². The van der Waals surface area contributed by atoms with Crippen LogP contribution in [-0.2, 0) is 22.6 Å². The van der Waals surface area contributed by atoms with Crippen LogP contribution >= 0.6 is 0 Å². The molecule has 2 rings (SSSR count). The summed E-state index contributed by atoms with van der Waals surface area (Å²) >= 11 is 0. The number of methoxy groups -OCH3 is 1. The van der Waals surface area contributed by atoms with E-state index in [-0.39, 0.29) is 17.4 Å². The zero-order valence-corrected chi connectivity index (χ0v) is 20.6. The Morgan fingerprint density at radius 1 is 0.938 bits per heavy atom.